The highest BCUT2D eigenvalue weighted by molar-refractivity contribution is 6.08. The molecule has 0 aliphatic carbocycles. The molecule has 0 radical (unpaired) electrons. The molecule has 0 unspecified atom stereocenters. The molecule has 0 bridgehead atoms. The second kappa shape index (κ2) is 40.3. The lowest BCUT2D eigenvalue weighted by Crippen LogP contribution is -2.46. The fourth-order valence-electron chi connectivity index (χ4n) is 10.6. The maximum absolute atomic E-state index is 14.6. The molecule has 1 aromatic heterocycles. The lowest BCUT2D eigenvalue weighted by molar-refractivity contribution is -0.139. The molecule has 38 heteroatoms. The number of aromatic nitrogens is 1. The van der Waals surface area contributed by atoms with E-state index >= 15 is 0 Å². The first-order valence-corrected chi connectivity index (χ1v) is 33.0. The van der Waals surface area contributed by atoms with Gasteiger partial charge in [-0.3, -0.25) is 64.8 Å². The van der Waals surface area contributed by atoms with Crippen LogP contribution in [0.3, 0.4) is 0 Å². The van der Waals surface area contributed by atoms with E-state index in [9.17, 15) is 53.1 Å². The largest absolute Gasteiger partial charge is 0.496 e. The molecule has 1 heterocycles. The molecular formula is C68H89N23O15. The molecule has 9 amide bonds. The number of amides is 9. The summed E-state index contributed by atoms with van der Waals surface area (Å²) in [6, 6.07) is 16.8. The van der Waals surface area contributed by atoms with Gasteiger partial charge in [0.25, 0.3) is 23.6 Å². The molecule has 0 aliphatic heterocycles. The zero-order chi connectivity index (χ0) is 77.6. The summed E-state index contributed by atoms with van der Waals surface area (Å²) in [4.78, 5) is 141. The second-order valence-electron chi connectivity index (χ2n) is 23.7. The molecule has 0 saturated carbocycles. The first-order chi connectivity index (χ1) is 50.6. The van der Waals surface area contributed by atoms with Crippen LogP contribution in [0, 0.1) is 21.6 Å². The molecule has 5 aromatic carbocycles. The number of carbonyl (C=O) groups excluding carboxylic acids is 9. The fourth-order valence-corrected chi connectivity index (χ4v) is 10.6. The smallest absolute Gasteiger partial charge is 0.341 e. The molecule has 0 saturated heterocycles. The number of rotatable bonds is 41. The Balaban J connectivity index is 1.23. The molecule has 30 N–H and O–H groups in total. The van der Waals surface area contributed by atoms with Crippen molar-refractivity contribution in [3.05, 3.63) is 131 Å². The Morgan fingerprint density at radius 3 is 1.12 bits per heavy atom. The molecule has 106 heavy (non-hydrogen) atoms. The highest BCUT2D eigenvalue weighted by Gasteiger charge is 2.31. The van der Waals surface area contributed by atoms with Gasteiger partial charge in [-0.15, -0.1) is 0 Å². The number of ether oxygens (including phenoxy) is 4. The number of nitrogens with two attached hydrogens (primary N) is 6. The number of anilines is 4. The van der Waals surface area contributed by atoms with Crippen LogP contribution in [-0.4, -0.2) is 177 Å². The van der Waals surface area contributed by atoms with Crippen molar-refractivity contribution in [2.45, 2.75) is 88.0 Å². The number of aliphatic carboxylic acids is 1. The van der Waals surface area contributed by atoms with Crippen LogP contribution in [-0.2, 0) is 35.2 Å². The molecule has 5 atom stereocenters. The lowest BCUT2D eigenvalue weighted by Gasteiger charge is -2.22. The minimum absolute atomic E-state index is 0.00679. The lowest BCUT2D eigenvalue weighted by atomic mass is 10.0. The third-order valence-corrected chi connectivity index (χ3v) is 15.9. The molecule has 0 spiro atoms. The van der Waals surface area contributed by atoms with Crippen LogP contribution < -0.4 is 117 Å². The first kappa shape index (κ1) is 81.5. The van der Waals surface area contributed by atoms with Gasteiger partial charge in [-0.1, -0.05) is 18.2 Å². The summed E-state index contributed by atoms with van der Waals surface area (Å²) in [6.07, 6.45) is 2.46. The van der Waals surface area contributed by atoms with Crippen molar-refractivity contribution in [3.63, 3.8) is 0 Å². The van der Waals surface area contributed by atoms with Crippen LogP contribution in [0.15, 0.2) is 103 Å². The van der Waals surface area contributed by atoms with Gasteiger partial charge in [-0.2, -0.15) is 0 Å². The van der Waals surface area contributed by atoms with Gasteiger partial charge in [0.2, 0.25) is 29.5 Å². The van der Waals surface area contributed by atoms with E-state index in [1.165, 1.54) is 88.1 Å². The van der Waals surface area contributed by atoms with Crippen molar-refractivity contribution >= 4 is 117 Å². The maximum atomic E-state index is 14.6. The third-order valence-electron chi connectivity index (χ3n) is 15.9. The summed E-state index contributed by atoms with van der Waals surface area (Å²) >= 11 is 0. The van der Waals surface area contributed by atoms with Crippen LogP contribution in [0.5, 0.6) is 23.0 Å². The summed E-state index contributed by atoms with van der Waals surface area (Å²) in [5.41, 5.74) is 34.5. The number of aromatic amines is 1. The summed E-state index contributed by atoms with van der Waals surface area (Å²) < 4.78 is 22.0. The number of nitrogens with one attached hydrogen (secondary N) is 17. The standard InChI is InChI=1S/C68H89N23O15/c1-103-51-20-16-36(84-61(99)45(69)11-6-24-79-65(71)72)29-41(51)57(95)88-47(13-7-25-80-66(73)74)62(100)85-37-17-21-52(104-2)42(30-37)58(96)89-48(14-8-26-81-67(75)76)63(101)87-39-19-23-54(106-34-55(92)93)44(32-39)60(98)90-49(15-9-27-82-68(77)78)64(102)86-38-18-22-53(105-3)43(31-38)59(97)91-50(56(70)94)28-35-33-83-46-12-5-4-10-40(35)46/h4-5,10,12,16-23,29-33,45,47-50,83H,6-9,11,13-15,24-28,34,69H2,1-3H3,(H2,70,94)(H,84,99)(H,85,100)(H,86,102)(H,87,101)(H,88,95)(H,89,96)(H,90,98)(H,91,97)(H,92,93)(H4,71,72,79)(H4,73,74,80)(H4,75,76,81)(H4,77,78,82)/t45-,47-,48-,49-,50-/m1/s1. The Morgan fingerprint density at radius 2 is 0.774 bits per heavy atom. The predicted octanol–water partition coefficient (Wildman–Crippen LogP) is 0.0137. The number of para-hydroxylation sites is 1. The average molecular weight is 1470 g/mol. The van der Waals surface area contributed by atoms with Gasteiger partial charge in [0.1, 0.15) is 47.2 Å². The van der Waals surface area contributed by atoms with E-state index in [2.05, 4.69) is 68.8 Å². The molecule has 0 aliphatic rings. The quantitative estimate of drug-likeness (QED) is 0.0137. The summed E-state index contributed by atoms with van der Waals surface area (Å²) in [6.45, 7) is -0.427. The van der Waals surface area contributed by atoms with Crippen LogP contribution in [0.1, 0.15) is 98.4 Å². The Bertz CT molecular complexity index is 4230. The third kappa shape index (κ3) is 25.3. The minimum atomic E-state index is -1.44. The Morgan fingerprint density at radius 1 is 0.443 bits per heavy atom. The number of fused-ring (bicyclic) bond motifs is 1. The number of hydrogen-bond acceptors (Lipinski definition) is 19. The SMILES string of the molecule is COc1ccc(NC(=O)[C@@H](CCCNC(=N)N)NC(=O)c2cc(NC(=O)[C@@H](CCCNC(=N)N)NC(=O)c3cc(NC(=O)[C@@H](CCCNC(=N)N)NC(=O)c4cc(NC(=O)[C@H](N)CCCNC(=N)N)ccc4OC)ccc3OC)ccc2OCC(=O)O)cc1C(=O)N[C@H](Cc1c[nH]c2ccccc12)C(N)=O. The van der Waals surface area contributed by atoms with Crippen LogP contribution in [0.4, 0.5) is 22.7 Å². The Hall–Kier alpha value is -13.4. The maximum Gasteiger partial charge on any atom is 0.341 e. The number of carboxylic acids is 1. The molecular weight excluding hydrogens is 1380 g/mol. The highest BCUT2D eigenvalue weighted by atomic mass is 16.5. The summed E-state index contributed by atoms with van der Waals surface area (Å²) in [5.74, 6) is -10.5. The van der Waals surface area contributed by atoms with E-state index in [0.717, 1.165) is 17.0 Å². The number of primary amides is 1. The van der Waals surface area contributed by atoms with Crippen molar-refractivity contribution < 1.29 is 72.0 Å². The van der Waals surface area contributed by atoms with Crippen LogP contribution in [0.2, 0.25) is 0 Å². The molecule has 6 rings (SSSR count). The first-order valence-electron chi connectivity index (χ1n) is 33.0. The summed E-state index contributed by atoms with van der Waals surface area (Å²) in [5, 5.41) is 72.5. The number of methoxy groups -OCH3 is 3. The van der Waals surface area contributed by atoms with Crippen LogP contribution >= 0.6 is 0 Å². The normalized spacial score (nSPS) is 12.1. The molecule has 566 valence electrons. The van der Waals surface area contributed by atoms with Crippen LogP contribution in [0.25, 0.3) is 10.9 Å². The van der Waals surface area contributed by atoms with Gasteiger partial charge in [0, 0.05) is 72.4 Å². The number of guanidine groups is 4. The van der Waals surface area contributed by atoms with Crippen molar-refractivity contribution in [3.8, 4) is 23.0 Å². The van der Waals surface area contributed by atoms with Gasteiger partial charge < -0.3 is 127 Å². The van der Waals surface area contributed by atoms with Gasteiger partial charge in [0.05, 0.1) is 49.6 Å². The van der Waals surface area contributed by atoms with E-state index in [-0.39, 0.29) is 157 Å². The topological polar surface area (TPSA) is 640 Å². The van der Waals surface area contributed by atoms with Crippen molar-refractivity contribution in [1.29, 1.82) is 21.6 Å². The minimum Gasteiger partial charge on any atom is -0.496 e. The van der Waals surface area contributed by atoms with E-state index in [0.29, 0.717) is 18.5 Å². The molecule has 0 fully saturated rings. The zero-order valence-corrected chi connectivity index (χ0v) is 58.2. The highest BCUT2D eigenvalue weighted by Crippen LogP contribution is 2.29. The van der Waals surface area contributed by atoms with E-state index < -0.39 is 102 Å². The second-order valence-corrected chi connectivity index (χ2v) is 23.7. The average Bonchev–Trinajstić information content (AvgIpc) is 1.57. The van der Waals surface area contributed by atoms with Gasteiger partial charge in [-0.25, -0.2) is 4.79 Å². The van der Waals surface area contributed by atoms with Gasteiger partial charge >= 0.3 is 5.97 Å². The number of benzene rings is 5. The number of carbonyl (C=O) groups is 10. The van der Waals surface area contributed by atoms with E-state index in [4.69, 9.17) is 75.0 Å². The fraction of sp³-hybridized carbons (Fsp3) is 0.324. The monoisotopic (exact) mass is 1470 g/mol. The Labute approximate surface area is 607 Å². The van der Waals surface area contributed by atoms with Crippen molar-refractivity contribution in [2.75, 3.05) is 75.4 Å². The van der Waals surface area contributed by atoms with E-state index in [1.54, 1.807) is 6.20 Å². The molecule has 38 nitrogen and oxygen atoms in total. The van der Waals surface area contributed by atoms with Crippen molar-refractivity contribution in [1.82, 2.24) is 47.5 Å². The zero-order valence-electron chi connectivity index (χ0n) is 58.2. The van der Waals surface area contributed by atoms with Crippen molar-refractivity contribution in [2.24, 2.45) is 34.4 Å². The number of H-pyrrole nitrogens is 1. The van der Waals surface area contributed by atoms with E-state index in [1.807, 2.05) is 24.3 Å². The Kier molecular flexibility index (Phi) is 31.0. The molecule has 6 aromatic rings. The van der Waals surface area contributed by atoms with Gasteiger partial charge in [-0.05, 0) is 136 Å². The number of carboxylic acid groups (broad SMARTS) is 1. The van der Waals surface area contributed by atoms with Gasteiger partial charge in [0.15, 0.2) is 30.4 Å². The summed E-state index contributed by atoms with van der Waals surface area (Å²) in [7, 11) is 3.87. The predicted molar refractivity (Wildman–Crippen MR) is 394 cm³/mol. The number of hydrogen-bond donors (Lipinski definition) is 24.